The van der Waals surface area contributed by atoms with Crippen LogP contribution in [0.1, 0.15) is 42.0 Å². The van der Waals surface area contributed by atoms with Crippen molar-refractivity contribution < 1.29 is 14.3 Å². The maximum atomic E-state index is 13.0. The smallest absolute Gasteiger partial charge is 0.233 e. The first-order valence-electron chi connectivity index (χ1n) is 10.0. The highest BCUT2D eigenvalue weighted by molar-refractivity contribution is 8.00. The van der Waals surface area contributed by atoms with Crippen molar-refractivity contribution in [2.75, 3.05) is 25.5 Å². The molecule has 4 nitrogen and oxygen atoms in total. The molecule has 0 bridgehead atoms. The minimum absolute atomic E-state index is 0.129. The number of thioether (sulfide) groups is 1. The molecule has 1 saturated heterocycles. The van der Waals surface area contributed by atoms with E-state index in [0.717, 1.165) is 42.9 Å². The van der Waals surface area contributed by atoms with Crippen molar-refractivity contribution in [1.82, 2.24) is 4.90 Å². The van der Waals surface area contributed by atoms with Crippen LogP contribution in [-0.2, 0) is 4.79 Å². The highest BCUT2D eigenvalue weighted by atomic mass is 32.2. The van der Waals surface area contributed by atoms with Gasteiger partial charge in [0.25, 0.3) is 0 Å². The van der Waals surface area contributed by atoms with Crippen LogP contribution in [0, 0.1) is 13.8 Å². The van der Waals surface area contributed by atoms with Crippen molar-refractivity contribution in [3.63, 3.8) is 0 Å². The molecule has 1 atom stereocenters. The van der Waals surface area contributed by atoms with Gasteiger partial charge in [0.05, 0.1) is 25.0 Å². The number of nitrogens with zero attached hydrogens (tertiary/aromatic N) is 1. The second-order valence-electron chi connectivity index (χ2n) is 7.56. The van der Waals surface area contributed by atoms with Crippen LogP contribution in [0.2, 0.25) is 0 Å². The summed E-state index contributed by atoms with van der Waals surface area (Å²) in [4.78, 5) is 16.2. The van der Waals surface area contributed by atoms with E-state index < -0.39 is 0 Å². The number of aryl methyl sites for hydroxylation is 2. The first-order chi connectivity index (χ1) is 13.6. The molecule has 148 valence electrons. The molecule has 2 aliphatic heterocycles. The van der Waals surface area contributed by atoms with E-state index in [1.54, 1.807) is 11.8 Å². The van der Waals surface area contributed by atoms with Crippen LogP contribution >= 0.6 is 11.8 Å². The summed E-state index contributed by atoms with van der Waals surface area (Å²) in [7, 11) is 0. The van der Waals surface area contributed by atoms with Gasteiger partial charge in [-0.25, -0.2) is 0 Å². The normalized spacial score (nSPS) is 18.8. The third-order valence-corrected chi connectivity index (χ3v) is 6.57. The molecule has 0 N–H and O–H groups in total. The van der Waals surface area contributed by atoms with Crippen LogP contribution in [-0.4, -0.2) is 36.3 Å². The standard InChI is InChI=1S/C23H27NO3S/c1-16-6-9-22(17(2)13-16)28-15-23(25)24-10-3-5-19(24)18-7-8-20-21(14-18)27-12-4-11-26-20/h6-9,13-14,19H,3-5,10-12,15H2,1-2H3/t19-/m1/s1. The molecule has 0 unspecified atom stereocenters. The van der Waals surface area contributed by atoms with E-state index in [1.807, 2.05) is 11.0 Å². The van der Waals surface area contributed by atoms with Crippen LogP contribution in [0.4, 0.5) is 0 Å². The fourth-order valence-corrected chi connectivity index (χ4v) is 4.88. The lowest BCUT2D eigenvalue weighted by molar-refractivity contribution is -0.129. The molecule has 0 radical (unpaired) electrons. The van der Waals surface area contributed by atoms with Crippen molar-refractivity contribution in [1.29, 1.82) is 0 Å². The number of likely N-dealkylation sites (tertiary alicyclic amines) is 1. The number of fused-ring (bicyclic) bond motifs is 1. The molecular weight excluding hydrogens is 370 g/mol. The van der Waals surface area contributed by atoms with Crippen molar-refractivity contribution in [3.8, 4) is 11.5 Å². The van der Waals surface area contributed by atoms with E-state index in [-0.39, 0.29) is 11.9 Å². The lowest BCUT2D eigenvalue weighted by atomic mass is 10.0. The lowest BCUT2D eigenvalue weighted by Gasteiger charge is -2.26. The number of benzene rings is 2. The number of rotatable bonds is 4. The van der Waals surface area contributed by atoms with Gasteiger partial charge < -0.3 is 14.4 Å². The number of carbonyl (C=O) groups is 1. The zero-order valence-corrected chi connectivity index (χ0v) is 17.4. The van der Waals surface area contributed by atoms with Crippen LogP contribution in [0.15, 0.2) is 41.3 Å². The van der Waals surface area contributed by atoms with Crippen molar-refractivity contribution in [3.05, 3.63) is 53.1 Å². The Balaban J connectivity index is 1.45. The summed E-state index contributed by atoms with van der Waals surface area (Å²) >= 11 is 1.64. The van der Waals surface area contributed by atoms with Gasteiger partial charge in [0.15, 0.2) is 11.5 Å². The largest absolute Gasteiger partial charge is 0.490 e. The Morgan fingerprint density at radius 1 is 1.07 bits per heavy atom. The van der Waals surface area contributed by atoms with Crippen molar-refractivity contribution in [2.24, 2.45) is 0 Å². The Hall–Kier alpha value is -2.14. The van der Waals surface area contributed by atoms with Crippen LogP contribution in [0.3, 0.4) is 0 Å². The molecule has 1 amide bonds. The summed E-state index contributed by atoms with van der Waals surface area (Å²) < 4.78 is 11.6. The number of carbonyl (C=O) groups excluding carboxylic acids is 1. The summed E-state index contributed by atoms with van der Waals surface area (Å²) in [6, 6.07) is 12.7. The minimum Gasteiger partial charge on any atom is -0.490 e. The summed E-state index contributed by atoms with van der Waals surface area (Å²) in [5.74, 6) is 2.30. The van der Waals surface area contributed by atoms with Gasteiger partial charge in [-0.15, -0.1) is 11.8 Å². The van der Waals surface area contributed by atoms with E-state index >= 15 is 0 Å². The zero-order valence-electron chi connectivity index (χ0n) is 16.6. The first-order valence-corrected chi connectivity index (χ1v) is 11.0. The van der Waals surface area contributed by atoms with Gasteiger partial charge in [0, 0.05) is 17.9 Å². The van der Waals surface area contributed by atoms with Crippen LogP contribution < -0.4 is 9.47 Å². The molecular formula is C23H27NO3S. The lowest BCUT2D eigenvalue weighted by Crippen LogP contribution is -2.32. The molecule has 2 aliphatic rings. The highest BCUT2D eigenvalue weighted by Gasteiger charge is 2.30. The topological polar surface area (TPSA) is 38.8 Å². The molecule has 1 fully saturated rings. The molecule has 2 aromatic carbocycles. The minimum atomic E-state index is 0.129. The summed E-state index contributed by atoms with van der Waals surface area (Å²) in [5, 5.41) is 0. The Morgan fingerprint density at radius 3 is 2.71 bits per heavy atom. The monoisotopic (exact) mass is 397 g/mol. The van der Waals surface area contributed by atoms with Crippen molar-refractivity contribution in [2.45, 2.75) is 44.0 Å². The molecule has 0 saturated carbocycles. The van der Waals surface area contributed by atoms with Gasteiger partial charge in [-0.2, -0.15) is 0 Å². The molecule has 2 heterocycles. The Bertz CT molecular complexity index is 867. The van der Waals surface area contributed by atoms with E-state index in [0.29, 0.717) is 19.0 Å². The maximum absolute atomic E-state index is 13.0. The number of ether oxygens (including phenoxy) is 2. The Morgan fingerprint density at radius 2 is 1.89 bits per heavy atom. The quantitative estimate of drug-likeness (QED) is 0.687. The molecule has 4 rings (SSSR count). The molecule has 0 aliphatic carbocycles. The van der Waals surface area contributed by atoms with Gasteiger partial charge in [-0.3, -0.25) is 4.79 Å². The second-order valence-corrected chi connectivity index (χ2v) is 8.58. The number of hydrogen-bond acceptors (Lipinski definition) is 4. The second kappa shape index (κ2) is 8.48. The average Bonchev–Trinajstić information content (AvgIpc) is 3.06. The molecule has 0 aromatic heterocycles. The van der Waals surface area contributed by atoms with E-state index in [1.165, 1.54) is 16.0 Å². The van der Waals surface area contributed by atoms with E-state index in [4.69, 9.17) is 9.47 Å². The van der Waals surface area contributed by atoms with Gasteiger partial charge in [-0.05, 0) is 56.0 Å². The Labute approximate surface area is 171 Å². The summed E-state index contributed by atoms with van der Waals surface area (Å²) in [6.07, 6.45) is 2.94. The zero-order chi connectivity index (χ0) is 19.5. The Kier molecular flexibility index (Phi) is 5.81. The predicted octanol–water partition coefficient (Wildman–Crippen LogP) is 4.92. The highest BCUT2D eigenvalue weighted by Crippen LogP contribution is 2.38. The van der Waals surface area contributed by atoms with Gasteiger partial charge >= 0.3 is 0 Å². The fourth-order valence-electron chi connectivity index (χ4n) is 3.98. The summed E-state index contributed by atoms with van der Waals surface area (Å²) in [6.45, 7) is 6.39. The molecule has 5 heteroatoms. The molecule has 2 aromatic rings. The van der Waals surface area contributed by atoms with E-state index in [2.05, 4.69) is 44.2 Å². The molecule has 0 spiro atoms. The number of hydrogen-bond donors (Lipinski definition) is 0. The third-order valence-electron chi connectivity index (χ3n) is 5.41. The SMILES string of the molecule is Cc1ccc(SCC(=O)N2CCC[C@@H]2c2ccc3c(c2)OCCCO3)c(C)c1. The third kappa shape index (κ3) is 4.14. The fraction of sp³-hybridized carbons (Fsp3) is 0.435. The molecule has 28 heavy (non-hydrogen) atoms. The van der Waals surface area contributed by atoms with Gasteiger partial charge in [-0.1, -0.05) is 23.8 Å². The van der Waals surface area contributed by atoms with Crippen LogP contribution in [0.5, 0.6) is 11.5 Å². The average molecular weight is 398 g/mol. The number of amides is 1. The first kappa shape index (κ1) is 19.2. The van der Waals surface area contributed by atoms with E-state index in [9.17, 15) is 4.79 Å². The predicted molar refractivity (Wildman–Crippen MR) is 112 cm³/mol. The van der Waals surface area contributed by atoms with Gasteiger partial charge in [0.2, 0.25) is 5.91 Å². The van der Waals surface area contributed by atoms with Gasteiger partial charge in [0.1, 0.15) is 0 Å². The van der Waals surface area contributed by atoms with Crippen LogP contribution in [0.25, 0.3) is 0 Å². The maximum Gasteiger partial charge on any atom is 0.233 e. The summed E-state index contributed by atoms with van der Waals surface area (Å²) in [5.41, 5.74) is 3.63. The van der Waals surface area contributed by atoms with Crippen molar-refractivity contribution >= 4 is 17.7 Å².